The molecule has 0 saturated heterocycles. The van der Waals surface area contributed by atoms with Crippen molar-refractivity contribution in [2.75, 3.05) is 0 Å². The molecule has 1 aromatic heterocycles. The van der Waals surface area contributed by atoms with E-state index in [0.29, 0.717) is 15.6 Å². The van der Waals surface area contributed by atoms with Crippen LogP contribution >= 0.6 is 34.8 Å². The summed E-state index contributed by atoms with van der Waals surface area (Å²) < 4.78 is 13.5. The van der Waals surface area contributed by atoms with E-state index in [1.165, 1.54) is 12.3 Å². The smallest absolute Gasteiger partial charge is 0.150 e. The summed E-state index contributed by atoms with van der Waals surface area (Å²) in [7, 11) is 0. The number of aromatic nitrogens is 1. The molecule has 0 aliphatic rings. The lowest BCUT2D eigenvalue weighted by Crippen LogP contribution is -1.89. The van der Waals surface area contributed by atoms with E-state index in [1.54, 1.807) is 18.2 Å². The van der Waals surface area contributed by atoms with Gasteiger partial charge in [0.05, 0.1) is 15.1 Å². The molecule has 2 rings (SSSR count). The second kappa shape index (κ2) is 4.58. The molecule has 16 heavy (non-hydrogen) atoms. The maximum Gasteiger partial charge on any atom is 0.150 e. The van der Waals surface area contributed by atoms with E-state index in [2.05, 4.69) is 4.98 Å². The van der Waals surface area contributed by atoms with E-state index in [-0.39, 0.29) is 10.7 Å². The Morgan fingerprint density at radius 3 is 2.38 bits per heavy atom. The van der Waals surface area contributed by atoms with Crippen molar-refractivity contribution >= 4 is 34.8 Å². The lowest BCUT2D eigenvalue weighted by Gasteiger charge is -2.04. The molecule has 5 heteroatoms. The van der Waals surface area contributed by atoms with E-state index in [9.17, 15) is 4.39 Å². The van der Waals surface area contributed by atoms with Gasteiger partial charge >= 0.3 is 0 Å². The third-order valence-corrected chi connectivity index (χ3v) is 2.95. The Morgan fingerprint density at radius 1 is 1.00 bits per heavy atom. The molecule has 0 amide bonds. The van der Waals surface area contributed by atoms with Crippen molar-refractivity contribution in [1.29, 1.82) is 0 Å². The molecular weight excluding hydrogens is 271 g/mol. The SMILES string of the molecule is Fc1cc(Cl)cnc1-c1ccc(Cl)c(Cl)c1. The van der Waals surface area contributed by atoms with Crippen molar-refractivity contribution in [3.63, 3.8) is 0 Å². The number of hydrogen-bond donors (Lipinski definition) is 0. The first kappa shape index (κ1) is 11.6. The van der Waals surface area contributed by atoms with Crippen LogP contribution in [0.15, 0.2) is 30.5 Å². The van der Waals surface area contributed by atoms with E-state index < -0.39 is 5.82 Å². The molecule has 0 saturated carbocycles. The summed E-state index contributed by atoms with van der Waals surface area (Å²) in [4.78, 5) is 3.91. The molecule has 2 aromatic rings. The van der Waals surface area contributed by atoms with Crippen LogP contribution in [0.5, 0.6) is 0 Å². The standard InChI is InChI=1S/C11H5Cl3FN/c12-7-4-10(15)11(16-5-7)6-1-2-8(13)9(14)3-6/h1-5H. The molecule has 0 unspecified atom stereocenters. The van der Waals surface area contributed by atoms with Crippen LogP contribution in [0.4, 0.5) is 4.39 Å². The fourth-order valence-electron chi connectivity index (χ4n) is 1.27. The minimum atomic E-state index is -0.495. The summed E-state index contributed by atoms with van der Waals surface area (Å²) in [6.07, 6.45) is 1.38. The fraction of sp³-hybridized carbons (Fsp3) is 0. The molecule has 0 aliphatic carbocycles. The van der Waals surface area contributed by atoms with E-state index in [0.717, 1.165) is 0 Å². The molecular formula is C11H5Cl3FN. The van der Waals surface area contributed by atoms with Gasteiger partial charge in [0.2, 0.25) is 0 Å². The summed E-state index contributed by atoms with van der Waals surface area (Å²) in [6.45, 7) is 0. The van der Waals surface area contributed by atoms with Crippen LogP contribution in [0, 0.1) is 5.82 Å². The highest BCUT2D eigenvalue weighted by Crippen LogP contribution is 2.29. The summed E-state index contributed by atoms with van der Waals surface area (Å²) in [5.74, 6) is -0.495. The van der Waals surface area contributed by atoms with Crippen LogP contribution in [0.1, 0.15) is 0 Å². The average Bonchev–Trinajstić information content (AvgIpc) is 2.22. The monoisotopic (exact) mass is 275 g/mol. The number of halogens is 4. The normalized spacial score (nSPS) is 10.5. The predicted molar refractivity (Wildman–Crippen MR) is 64.7 cm³/mol. The van der Waals surface area contributed by atoms with Crippen molar-refractivity contribution in [3.05, 3.63) is 51.3 Å². The lowest BCUT2D eigenvalue weighted by atomic mass is 10.1. The molecule has 0 atom stereocenters. The van der Waals surface area contributed by atoms with Gasteiger partial charge in [-0.05, 0) is 18.2 Å². The molecule has 0 bridgehead atoms. The van der Waals surface area contributed by atoms with Crippen LogP contribution in [-0.4, -0.2) is 4.98 Å². The second-order valence-electron chi connectivity index (χ2n) is 3.11. The first-order valence-electron chi connectivity index (χ1n) is 4.34. The van der Waals surface area contributed by atoms with Gasteiger partial charge in [0.1, 0.15) is 5.69 Å². The Morgan fingerprint density at radius 2 is 1.75 bits per heavy atom. The quantitative estimate of drug-likeness (QED) is 0.725. The maximum atomic E-state index is 13.5. The van der Waals surface area contributed by atoms with Crippen LogP contribution in [0.2, 0.25) is 15.1 Å². The van der Waals surface area contributed by atoms with Gasteiger partial charge < -0.3 is 0 Å². The van der Waals surface area contributed by atoms with Crippen LogP contribution in [-0.2, 0) is 0 Å². The summed E-state index contributed by atoms with van der Waals surface area (Å²) in [6, 6.07) is 6.00. The molecule has 0 radical (unpaired) electrons. The fourth-order valence-corrected chi connectivity index (χ4v) is 1.71. The molecule has 1 heterocycles. The number of pyridine rings is 1. The first-order chi connectivity index (χ1) is 7.58. The van der Waals surface area contributed by atoms with Gasteiger partial charge in [-0.2, -0.15) is 0 Å². The summed E-state index contributed by atoms with van der Waals surface area (Å²) in [5.41, 5.74) is 0.756. The topological polar surface area (TPSA) is 12.9 Å². The van der Waals surface area contributed by atoms with E-state index >= 15 is 0 Å². The molecule has 0 fully saturated rings. The lowest BCUT2D eigenvalue weighted by molar-refractivity contribution is 0.626. The summed E-state index contributed by atoms with van der Waals surface area (Å²) >= 11 is 17.2. The zero-order valence-electron chi connectivity index (χ0n) is 7.85. The number of rotatable bonds is 1. The molecule has 82 valence electrons. The number of nitrogens with zero attached hydrogens (tertiary/aromatic N) is 1. The zero-order chi connectivity index (χ0) is 11.7. The first-order valence-corrected chi connectivity index (χ1v) is 5.48. The molecule has 1 aromatic carbocycles. The van der Waals surface area contributed by atoms with Gasteiger partial charge in [-0.1, -0.05) is 40.9 Å². The van der Waals surface area contributed by atoms with Gasteiger partial charge in [-0.3, -0.25) is 4.98 Å². The third kappa shape index (κ3) is 2.29. The molecule has 1 nitrogen and oxygen atoms in total. The Hall–Kier alpha value is -0.830. The molecule has 0 aliphatic heterocycles. The Kier molecular flexibility index (Phi) is 3.33. The van der Waals surface area contributed by atoms with E-state index in [1.807, 2.05) is 0 Å². The minimum absolute atomic E-state index is 0.197. The van der Waals surface area contributed by atoms with Crippen LogP contribution in [0.25, 0.3) is 11.3 Å². The van der Waals surface area contributed by atoms with E-state index in [4.69, 9.17) is 34.8 Å². The van der Waals surface area contributed by atoms with Crippen molar-refractivity contribution in [2.24, 2.45) is 0 Å². The van der Waals surface area contributed by atoms with Crippen molar-refractivity contribution in [3.8, 4) is 11.3 Å². The molecule has 0 spiro atoms. The predicted octanol–water partition coefficient (Wildman–Crippen LogP) is 4.85. The maximum absolute atomic E-state index is 13.5. The van der Waals surface area contributed by atoms with Crippen molar-refractivity contribution in [2.45, 2.75) is 0 Å². The highest BCUT2D eigenvalue weighted by molar-refractivity contribution is 6.42. The van der Waals surface area contributed by atoms with Gasteiger partial charge in [0, 0.05) is 11.8 Å². The second-order valence-corrected chi connectivity index (χ2v) is 4.36. The Bertz CT molecular complexity index is 543. The highest BCUT2D eigenvalue weighted by atomic mass is 35.5. The summed E-state index contributed by atoms with van der Waals surface area (Å²) in [5, 5.41) is 1.02. The van der Waals surface area contributed by atoms with Gasteiger partial charge in [-0.15, -0.1) is 0 Å². The zero-order valence-corrected chi connectivity index (χ0v) is 10.1. The van der Waals surface area contributed by atoms with Crippen LogP contribution < -0.4 is 0 Å². The largest absolute Gasteiger partial charge is 0.252 e. The van der Waals surface area contributed by atoms with Crippen molar-refractivity contribution in [1.82, 2.24) is 4.98 Å². The van der Waals surface area contributed by atoms with Crippen molar-refractivity contribution < 1.29 is 4.39 Å². The van der Waals surface area contributed by atoms with Gasteiger partial charge in [0.25, 0.3) is 0 Å². The van der Waals surface area contributed by atoms with Gasteiger partial charge in [-0.25, -0.2) is 4.39 Å². The molecule has 0 N–H and O–H groups in total. The minimum Gasteiger partial charge on any atom is -0.252 e. The third-order valence-electron chi connectivity index (χ3n) is 2.00. The Balaban J connectivity index is 2.54. The highest BCUT2D eigenvalue weighted by Gasteiger charge is 2.09. The van der Waals surface area contributed by atoms with Crippen LogP contribution in [0.3, 0.4) is 0 Å². The number of benzene rings is 1. The number of hydrogen-bond acceptors (Lipinski definition) is 1. The average molecular weight is 277 g/mol. The van der Waals surface area contributed by atoms with Gasteiger partial charge in [0.15, 0.2) is 5.82 Å². The Labute approximate surface area is 107 Å².